The van der Waals surface area contributed by atoms with Crippen LogP contribution in [0.2, 0.25) is 5.02 Å². The maximum absolute atomic E-state index is 13.5. The number of aryl methyl sites for hydroxylation is 2. The van der Waals surface area contributed by atoms with E-state index in [0.29, 0.717) is 28.1 Å². The number of Topliss-reactive ketones (excluding diaryl/α,β-unsaturated/α-hetero) is 1. The molecule has 32 heavy (non-hydrogen) atoms. The third-order valence-corrected chi connectivity index (χ3v) is 6.91. The second-order valence-corrected chi connectivity index (χ2v) is 9.77. The summed E-state index contributed by atoms with van der Waals surface area (Å²) in [5, 5.41) is 0.378. The van der Waals surface area contributed by atoms with E-state index in [1.54, 1.807) is 66.7 Å². The minimum absolute atomic E-state index is 0.124. The molecule has 0 spiro atoms. The van der Waals surface area contributed by atoms with Gasteiger partial charge in [-0.2, -0.15) is 4.72 Å². The van der Waals surface area contributed by atoms with E-state index in [1.165, 1.54) is 0 Å². The van der Waals surface area contributed by atoms with Crippen LogP contribution in [0.5, 0.6) is 0 Å². The number of nitrogens with one attached hydrogen (secondary N) is 1. The smallest absolute Gasteiger partial charge is 0.241 e. The maximum atomic E-state index is 13.5. The minimum atomic E-state index is -3.93. The van der Waals surface area contributed by atoms with E-state index in [-0.39, 0.29) is 10.7 Å². The van der Waals surface area contributed by atoms with Crippen molar-refractivity contribution < 1.29 is 13.2 Å². The zero-order valence-electron chi connectivity index (χ0n) is 18.3. The molecule has 1 N–H and O–H groups in total. The number of rotatable bonds is 8. The number of carbonyl (C=O) groups excluding carboxylic acids is 1. The molecule has 0 heterocycles. The lowest BCUT2D eigenvalue weighted by atomic mass is 9.91. The first kappa shape index (κ1) is 23.9. The second-order valence-electron chi connectivity index (χ2n) is 7.65. The molecule has 4 nitrogen and oxygen atoms in total. The van der Waals surface area contributed by atoms with Crippen LogP contribution in [-0.4, -0.2) is 14.2 Å². The third-order valence-electron chi connectivity index (χ3n) is 5.13. The molecule has 166 valence electrons. The fraction of sp³-hybridized carbons (Fsp3) is 0.192. The molecule has 1 atom stereocenters. The SMILES string of the molecule is CC/C=C(\C(=O)c1ccc(C)cc1)C(NS(=O)(=O)c1ccc(C)cc1)c1ccccc1Cl. The van der Waals surface area contributed by atoms with Gasteiger partial charge in [0.2, 0.25) is 10.0 Å². The fourth-order valence-electron chi connectivity index (χ4n) is 3.38. The van der Waals surface area contributed by atoms with E-state index in [9.17, 15) is 13.2 Å². The number of ketones is 1. The Bertz CT molecular complexity index is 1230. The molecule has 0 saturated carbocycles. The quantitative estimate of drug-likeness (QED) is 0.317. The first-order valence-electron chi connectivity index (χ1n) is 10.4. The van der Waals surface area contributed by atoms with E-state index in [4.69, 9.17) is 11.6 Å². The van der Waals surface area contributed by atoms with E-state index < -0.39 is 16.1 Å². The second kappa shape index (κ2) is 10.3. The molecule has 0 aliphatic rings. The van der Waals surface area contributed by atoms with Crippen molar-refractivity contribution in [1.29, 1.82) is 0 Å². The van der Waals surface area contributed by atoms with E-state index in [1.807, 2.05) is 32.9 Å². The van der Waals surface area contributed by atoms with Crippen molar-refractivity contribution in [2.24, 2.45) is 0 Å². The van der Waals surface area contributed by atoms with Gasteiger partial charge >= 0.3 is 0 Å². The highest BCUT2D eigenvalue weighted by molar-refractivity contribution is 7.89. The van der Waals surface area contributed by atoms with Crippen LogP contribution in [0.4, 0.5) is 0 Å². The van der Waals surface area contributed by atoms with Crippen molar-refractivity contribution in [3.63, 3.8) is 0 Å². The number of hydrogen-bond donors (Lipinski definition) is 1. The van der Waals surface area contributed by atoms with Crippen LogP contribution in [0.3, 0.4) is 0 Å². The largest absolute Gasteiger partial charge is 0.289 e. The molecule has 1 unspecified atom stereocenters. The number of benzene rings is 3. The van der Waals surface area contributed by atoms with E-state index >= 15 is 0 Å². The fourth-order valence-corrected chi connectivity index (χ4v) is 4.82. The van der Waals surface area contributed by atoms with Crippen LogP contribution in [-0.2, 0) is 10.0 Å². The zero-order valence-corrected chi connectivity index (χ0v) is 19.9. The molecular weight excluding hydrogens is 442 g/mol. The molecule has 0 aliphatic carbocycles. The van der Waals surface area contributed by atoms with Crippen molar-refractivity contribution in [3.8, 4) is 0 Å². The summed E-state index contributed by atoms with van der Waals surface area (Å²) >= 11 is 6.46. The zero-order chi connectivity index (χ0) is 23.3. The third kappa shape index (κ3) is 5.54. The Kier molecular flexibility index (Phi) is 7.67. The summed E-state index contributed by atoms with van der Waals surface area (Å²) in [6.07, 6.45) is 2.31. The van der Waals surface area contributed by atoms with Gasteiger partial charge in [0.15, 0.2) is 5.78 Å². The Hall–Kier alpha value is -2.73. The highest BCUT2D eigenvalue weighted by Gasteiger charge is 2.30. The molecule has 3 aromatic rings. The molecule has 0 fully saturated rings. The molecule has 0 bridgehead atoms. The van der Waals surface area contributed by atoms with Crippen LogP contribution in [0.1, 0.15) is 46.4 Å². The monoisotopic (exact) mass is 467 g/mol. The molecule has 3 aromatic carbocycles. The molecular formula is C26H26ClNO3S. The predicted molar refractivity (Wildman–Crippen MR) is 130 cm³/mol. The molecule has 0 amide bonds. The number of hydrogen-bond acceptors (Lipinski definition) is 3. The van der Waals surface area contributed by atoms with Gasteiger partial charge in [-0.25, -0.2) is 8.42 Å². The van der Waals surface area contributed by atoms with Crippen molar-refractivity contribution in [3.05, 3.63) is 112 Å². The molecule has 3 rings (SSSR count). The highest BCUT2D eigenvalue weighted by atomic mass is 35.5. The number of carbonyl (C=O) groups is 1. The average Bonchev–Trinajstić information content (AvgIpc) is 2.77. The Labute approximate surface area is 195 Å². The van der Waals surface area contributed by atoms with Gasteiger partial charge in [-0.1, -0.05) is 90.3 Å². The lowest BCUT2D eigenvalue weighted by molar-refractivity contribution is 0.102. The lowest BCUT2D eigenvalue weighted by Crippen LogP contribution is -2.32. The van der Waals surface area contributed by atoms with Crippen molar-refractivity contribution in [2.45, 2.75) is 38.1 Å². The molecule has 0 radical (unpaired) electrons. The van der Waals surface area contributed by atoms with Gasteiger partial charge < -0.3 is 0 Å². The van der Waals surface area contributed by atoms with Crippen LogP contribution >= 0.6 is 11.6 Å². The number of halogens is 1. The lowest BCUT2D eigenvalue weighted by Gasteiger charge is -2.23. The van der Waals surface area contributed by atoms with Crippen LogP contribution in [0, 0.1) is 13.8 Å². The van der Waals surface area contributed by atoms with Crippen LogP contribution in [0.15, 0.2) is 89.3 Å². The number of allylic oxidation sites excluding steroid dienone is 1. The summed E-state index contributed by atoms with van der Waals surface area (Å²) in [7, 11) is -3.93. The molecule has 0 saturated heterocycles. The van der Waals surface area contributed by atoms with Gasteiger partial charge in [0.05, 0.1) is 10.9 Å². The first-order chi connectivity index (χ1) is 15.2. The van der Waals surface area contributed by atoms with Gasteiger partial charge in [-0.15, -0.1) is 0 Å². The molecule has 0 aliphatic heterocycles. The summed E-state index contributed by atoms with van der Waals surface area (Å²) < 4.78 is 29.2. The summed E-state index contributed by atoms with van der Waals surface area (Å²) in [5.41, 5.74) is 3.32. The number of sulfonamides is 1. The van der Waals surface area contributed by atoms with E-state index in [0.717, 1.165) is 11.1 Å². The average molecular weight is 468 g/mol. The van der Waals surface area contributed by atoms with Crippen LogP contribution < -0.4 is 4.72 Å². The maximum Gasteiger partial charge on any atom is 0.241 e. The van der Waals surface area contributed by atoms with E-state index in [2.05, 4.69) is 4.72 Å². The summed E-state index contributed by atoms with van der Waals surface area (Å²) in [6, 6.07) is 19.8. The Morgan fingerprint density at radius 2 is 1.50 bits per heavy atom. The minimum Gasteiger partial charge on any atom is -0.289 e. The van der Waals surface area contributed by atoms with Crippen LogP contribution in [0.25, 0.3) is 0 Å². The first-order valence-corrected chi connectivity index (χ1v) is 12.2. The van der Waals surface area contributed by atoms with Gasteiger partial charge in [-0.05, 0) is 44.0 Å². The van der Waals surface area contributed by atoms with Gasteiger partial charge in [-0.3, -0.25) is 4.79 Å². The van der Waals surface area contributed by atoms with Crippen molar-refractivity contribution in [2.75, 3.05) is 0 Å². The molecule has 0 aromatic heterocycles. The normalized spacial score (nSPS) is 13.1. The Morgan fingerprint density at radius 3 is 2.06 bits per heavy atom. The van der Waals surface area contributed by atoms with Crippen molar-refractivity contribution in [1.82, 2.24) is 4.72 Å². The summed E-state index contributed by atoms with van der Waals surface area (Å²) in [5.74, 6) is -0.247. The summed E-state index contributed by atoms with van der Waals surface area (Å²) in [4.78, 5) is 13.6. The van der Waals surface area contributed by atoms with Gasteiger partial charge in [0.25, 0.3) is 0 Å². The highest BCUT2D eigenvalue weighted by Crippen LogP contribution is 2.32. The van der Waals surface area contributed by atoms with Gasteiger partial charge in [0.1, 0.15) is 0 Å². The predicted octanol–water partition coefficient (Wildman–Crippen LogP) is 6.20. The van der Waals surface area contributed by atoms with Gasteiger partial charge in [0, 0.05) is 16.2 Å². The Balaban J connectivity index is 2.11. The standard InChI is InChI=1S/C26H26ClNO3S/c1-4-7-23(26(29)20-14-10-18(2)11-15-20)25(22-8-5-6-9-24(22)27)28-32(30,31)21-16-12-19(3)13-17-21/h5-17,25,28H,4H2,1-3H3/b23-7-. The molecule has 6 heteroatoms. The topological polar surface area (TPSA) is 63.2 Å². The summed E-state index contributed by atoms with van der Waals surface area (Å²) in [6.45, 7) is 5.73. The van der Waals surface area contributed by atoms with Crippen molar-refractivity contribution >= 4 is 27.4 Å². The Morgan fingerprint density at radius 1 is 0.938 bits per heavy atom.